The molecule has 0 aliphatic carbocycles. The first-order valence-corrected chi connectivity index (χ1v) is 31.0. The van der Waals surface area contributed by atoms with Gasteiger partial charge in [-0.1, -0.05) is 73.1 Å². The first-order chi connectivity index (χ1) is 42.3. The lowest BCUT2D eigenvalue weighted by Crippen LogP contribution is -2.72. The Morgan fingerprint density at radius 2 is 1.30 bits per heavy atom. The van der Waals surface area contributed by atoms with Crippen LogP contribution in [0.1, 0.15) is 114 Å². The summed E-state index contributed by atoms with van der Waals surface area (Å²) in [6, 6.07) is -3.63. The fraction of sp³-hybridized carbons (Fsp3) is 0.724. The van der Waals surface area contributed by atoms with E-state index in [2.05, 4.69) is 76.1 Å². The lowest BCUT2D eigenvalue weighted by atomic mass is 9.85. The number of aliphatic carboxylic acids is 1. The van der Waals surface area contributed by atoms with Crippen molar-refractivity contribution < 1.29 is 131 Å². The van der Waals surface area contributed by atoms with Gasteiger partial charge < -0.3 is 116 Å². The van der Waals surface area contributed by atoms with Crippen molar-refractivity contribution >= 4 is 43.5 Å². The van der Waals surface area contributed by atoms with Crippen LogP contribution in [-0.4, -0.2) is 230 Å². The number of nitrogens with two attached hydrogens (primary N) is 3. The molecule has 22 unspecified atom stereocenters. The maximum atomic E-state index is 13.8. The molecule has 4 aliphatic rings. The molecular weight excluding hydrogens is 1230 g/mol. The smallest absolute Gasteiger partial charge is 0.474 e. The molecule has 22 atom stereocenters. The number of carboxylic acids is 1. The van der Waals surface area contributed by atoms with Crippen LogP contribution in [0.2, 0.25) is 0 Å². The van der Waals surface area contributed by atoms with Crippen LogP contribution in [0.4, 0.5) is 4.79 Å². The average molecular weight is 1320 g/mol. The van der Waals surface area contributed by atoms with Crippen molar-refractivity contribution in [2.75, 3.05) is 19.8 Å². The normalized spacial score (nSPS) is 34.3. The molecule has 0 bridgehead atoms. The second kappa shape index (κ2) is 34.8. The van der Waals surface area contributed by atoms with Gasteiger partial charge >= 0.3 is 19.9 Å². The molecule has 4 fully saturated rings. The zero-order valence-electron chi connectivity index (χ0n) is 52.8. The summed E-state index contributed by atoms with van der Waals surface area (Å²) in [7, 11) is -5.71. The van der Waals surface area contributed by atoms with E-state index >= 15 is 0 Å². The highest BCUT2D eigenvalue weighted by molar-refractivity contribution is 7.47. The van der Waals surface area contributed by atoms with E-state index in [9.17, 15) is 79.1 Å². The van der Waals surface area contributed by atoms with Crippen LogP contribution >= 0.6 is 7.82 Å². The Bertz CT molecular complexity index is 2670. The van der Waals surface area contributed by atoms with E-state index in [-0.39, 0.29) is 12.0 Å². The van der Waals surface area contributed by atoms with Crippen molar-refractivity contribution in [1.29, 1.82) is 0 Å². The first-order valence-electron chi connectivity index (χ1n) is 29.5. The Labute approximate surface area is 527 Å². The Kier molecular flexibility index (Phi) is 30.0. The van der Waals surface area contributed by atoms with E-state index in [4.69, 9.17) is 68.9 Å². The molecule has 0 saturated carbocycles. The lowest BCUT2D eigenvalue weighted by molar-refractivity contribution is -0.370. The van der Waals surface area contributed by atoms with Gasteiger partial charge in [0.25, 0.3) is 0 Å². The van der Waals surface area contributed by atoms with Crippen LogP contribution in [0.15, 0.2) is 59.3 Å². The molecule has 0 radical (unpaired) electrons. The number of primary amides is 3. The summed E-state index contributed by atoms with van der Waals surface area (Å²) in [4.78, 5) is 86.2. The van der Waals surface area contributed by atoms with Gasteiger partial charge in [0.2, 0.25) is 23.6 Å². The van der Waals surface area contributed by atoms with E-state index < -0.39 is 185 Å². The number of hydrogen-bond donors (Lipinski definition) is 14. The summed E-state index contributed by atoms with van der Waals surface area (Å²) in [6.45, 7) is 18.2. The summed E-state index contributed by atoms with van der Waals surface area (Å²) in [6.07, 6.45) is -21.7. The first kappa shape index (κ1) is 78.3. The minimum absolute atomic E-state index is 0.110. The van der Waals surface area contributed by atoms with E-state index in [1.807, 2.05) is 0 Å². The number of phosphoric acid groups is 1. The molecule has 17 N–H and O–H groups in total. The van der Waals surface area contributed by atoms with Gasteiger partial charge in [-0.05, 0) is 91.9 Å². The second-order valence-corrected chi connectivity index (χ2v) is 25.6. The summed E-state index contributed by atoms with van der Waals surface area (Å²) < 4.78 is 75.6. The highest BCUT2D eigenvalue weighted by Crippen LogP contribution is 2.49. The van der Waals surface area contributed by atoms with Crippen molar-refractivity contribution in [3.05, 3.63) is 59.3 Å². The van der Waals surface area contributed by atoms with Crippen molar-refractivity contribution in [2.45, 2.75) is 242 Å². The third kappa shape index (κ3) is 23.1. The number of phosphoric ester groups is 1. The van der Waals surface area contributed by atoms with Crippen molar-refractivity contribution in [2.24, 2.45) is 22.6 Å². The third-order valence-corrected chi connectivity index (χ3v) is 16.4. The topological polar surface area (TPSA) is 505 Å². The molecule has 0 aromatic rings. The van der Waals surface area contributed by atoms with Crippen LogP contribution in [0.5, 0.6) is 0 Å². The fourth-order valence-electron chi connectivity index (χ4n) is 10.3. The summed E-state index contributed by atoms with van der Waals surface area (Å²) in [5.74, 6) is -6.12. The van der Waals surface area contributed by atoms with Gasteiger partial charge in [0.1, 0.15) is 66.5 Å². The predicted molar refractivity (Wildman–Crippen MR) is 316 cm³/mol. The number of aliphatic hydroxyl groups is 7. The Balaban J connectivity index is 1.51. The zero-order valence-corrected chi connectivity index (χ0v) is 53.7. The molecule has 0 aromatic heterocycles. The number of amides is 5. The number of carbonyl (C=O) groups excluding carboxylic acids is 5. The van der Waals surface area contributed by atoms with Gasteiger partial charge in [0.15, 0.2) is 55.7 Å². The van der Waals surface area contributed by atoms with E-state index in [0.717, 1.165) is 64.0 Å². The highest BCUT2D eigenvalue weighted by Gasteiger charge is 2.62. The van der Waals surface area contributed by atoms with Crippen LogP contribution in [0, 0.1) is 5.41 Å². The largest absolute Gasteiger partial charge is 0.479 e. The van der Waals surface area contributed by atoms with Gasteiger partial charge in [-0.2, -0.15) is 0 Å². The Morgan fingerprint density at radius 3 is 1.86 bits per heavy atom. The number of carbonyl (C=O) groups is 6. The van der Waals surface area contributed by atoms with Crippen LogP contribution < -0.4 is 27.8 Å². The molecule has 0 aromatic carbocycles. The molecule has 4 aliphatic heterocycles. The maximum Gasteiger partial charge on any atom is 0.474 e. The van der Waals surface area contributed by atoms with Gasteiger partial charge in [0, 0.05) is 13.8 Å². The molecule has 4 saturated heterocycles. The maximum absolute atomic E-state index is 13.8. The van der Waals surface area contributed by atoms with Crippen LogP contribution in [-0.2, 0) is 80.2 Å². The molecule has 0 spiro atoms. The van der Waals surface area contributed by atoms with E-state index in [1.165, 1.54) is 18.1 Å². The zero-order chi connectivity index (χ0) is 68.6. The number of nitrogens with one attached hydrogen (secondary N) is 2. The highest BCUT2D eigenvalue weighted by atomic mass is 31.2. The monoisotopic (exact) mass is 1320 g/mol. The minimum Gasteiger partial charge on any atom is -0.479 e. The molecule has 33 heteroatoms. The van der Waals surface area contributed by atoms with Gasteiger partial charge in [-0.25, -0.2) is 14.2 Å². The molecule has 91 heavy (non-hydrogen) atoms. The van der Waals surface area contributed by atoms with Gasteiger partial charge in [-0.15, -0.1) is 0 Å². The molecule has 518 valence electrons. The molecule has 5 amide bonds. The fourth-order valence-corrected chi connectivity index (χ4v) is 11.1. The van der Waals surface area contributed by atoms with Crippen LogP contribution in [0.3, 0.4) is 0 Å². The van der Waals surface area contributed by atoms with Gasteiger partial charge in [0.05, 0.1) is 25.9 Å². The van der Waals surface area contributed by atoms with E-state index in [1.54, 1.807) is 13.0 Å². The summed E-state index contributed by atoms with van der Waals surface area (Å²) >= 11 is 0. The van der Waals surface area contributed by atoms with Crippen LogP contribution in [0.25, 0.3) is 0 Å². The Morgan fingerprint density at radius 1 is 0.725 bits per heavy atom. The molecule has 4 rings (SSSR count). The summed E-state index contributed by atoms with van der Waals surface area (Å²) in [5.41, 5.74) is 17.9. The third-order valence-electron chi connectivity index (χ3n) is 15.4. The number of aliphatic hydroxyl groups excluding tert-OH is 6. The number of rotatable bonds is 33. The van der Waals surface area contributed by atoms with Gasteiger partial charge in [-0.3, -0.25) is 28.2 Å². The number of ether oxygens (including phenoxy) is 9. The minimum atomic E-state index is -5.71. The summed E-state index contributed by atoms with van der Waals surface area (Å²) in [5, 5.41) is 92.4. The number of allylic oxidation sites excluding steroid dienone is 8. The second-order valence-electron chi connectivity index (χ2n) is 24.2. The molecule has 32 nitrogen and oxygen atoms in total. The van der Waals surface area contributed by atoms with Crippen molar-refractivity contribution in [3.8, 4) is 0 Å². The van der Waals surface area contributed by atoms with Crippen molar-refractivity contribution in [3.63, 3.8) is 0 Å². The van der Waals surface area contributed by atoms with E-state index in [0.29, 0.717) is 12.8 Å². The number of carboxylic acid groups (broad SMARTS) is 1. The SMILES string of the molecule is C=C(C/C=C(\C)CCC=C(C)C)CCC(C)(C)/C=C/CC/C(C)=C\COC(COP(=O)(O)OC1OC(C(N)=O)C(C)(O)C(OC(N)=O)C1OC1OC(CO)C(OC2OC(C)C(OC3OC(C(N)=O)C(O)C(O)C3O)C(O)C2NC(C)=O)C(O)C1NC(C)=O)C(=O)O. The number of hydrogen-bond acceptors (Lipinski definition) is 25. The molecule has 4 heterocycles. The lowest BCUT2D eigenvalue weighted by Gasteiger charge is -2.51. The average Bonchev–Trinajstić information content (AvgIpc) is 0.764. The molecular formula is C58H94N5O27P. The predicted octanol–water partition coefficient (Wildman–Crippen LogP) is -0.615. The quantitative estimate of drug-likeness (QED) is 0.0288. The van der Waals surface area contributed by atoms with Crippen molar-refractivity contribution in [1.82, 2.24) is 10.6 Å². The standard InChI is InChI=1S/C58H94N5O27P/c1-27(2)15-14-17-28(3)18-19-30(5)20-23-57(9,10)22-13-12-16-29(4)21-24-80-35(51(74)75)26-81-91(78,79)90-55-46(47(89-56(61)76)58(11,77)48(88-55)50(60)73)87-53-37(63-33(8)66)39(68)44(34(25-64)83-53)85-52-36(62-32(7)65)38(67)43(31(6)82-52)84-54-42(71)40(69)41(70)45(86-54)49(59)72/h13,15,18,21-22,31,34-48,52-55,64,67-71,77H,5,12,14,16-17,19-20,23-26H2,1-4,6-11H3,(H2,59,72)(H2,60,73)(H2,61,76)(H,62,65)(H,63,66)(H,74,75)(H,78,79)/b22-13+,28-18+,29-21-. The Hall–Kier alpha value is -5.17.